The van der Waals surface area contributed by atoms with Crippen molar-refractivity contribution in [1.29, 1.82) is 0 Å². The molecular weight excluding hydrogens is 878 g/mol. The van der Waals surface area contributed by atoms with E-state index in [2.05, 4.69) is 180 Å². The van der Waals surface area contributed by atoms with Crippen LogP contribution in [-0.4, -0.2) is 17.5 Å². The van der Waals surface area contributed by atoms with Crippen LogP contribution in [0.2, 0.25) is 0 Å². The van der Waals surface area contributed by atoms with Crippen molar-refractivity contribution in [1.82, 2.24) is 0 Å². The third-order valence-electron chi connectivity index (χ3n) is 10.4. The van der Waals surface area contributed by atoms with Crippen molar-refractivity contribution in [2.24, 2.45) is 0 Å². The van der Waals surface area contributed by atoms with E-state index in [1.165, 1.54) is 25.7 Å². The van der Waals surface area contributed by atoms with Crippen LogP contribution in [0.15, 0.2) is 97.1 Å². The molecule has 0 atom stereocenters. The molecule has 0 spiro atoms. The van der Waals surface area contributed by atoms with E-state index >= 15 is 0 Å². The lowest BCUT2D eigenvalue weighted by atomic mass is 9.82. The van der Waals surface area contributed by atoms with Gasteiger partial charge >= 0.3 is 42.4 Å². The third-order valence-corrected chi connectivity index (χ3v) is 16.4. The normalized spacial score (nSPS) is 12.4. The van der Waals surface area contributed by atoms with Crippen molar-refractivity contribution in [3.63, 3.8) is 0 Å². The predicted octanol–water partition coefficient (Wildman–Crippen LogP) is 5.04. The summed E-state index contributed by atoms with van der Waals surface area (Å²) in [6, 6.07) is 36.4. The first-order chi connectivity index (χ1) is 23.6. The van der Waals surface area contributed by atoms with Crippen molar-refractivity contribution in [2.75, 3.05) is 0 Å². The van der Waals surface area contributed by atoms with Gasteiger partial charge in [0.25, 0.3) is 0 Å². The molecule has 0 aliphatic rings. The van der Waals surface area contributed by atoms with Crippen molar-refractivity contribution >= 4 is 10.4 Å². The van der Waals surface area contributed by atoms with E-state index in [0.29, 0.717) is 0 Å². The van der Waals surface area contributed by atoms with E-state index < -0.39 is 10.4 Å². The average Bonchev–Trinajstić information content (AvgIpc) is 3.08. The molecule has 0 N–H and O–H groups in total. The first kappa shape index (κ1) is 45.4. The number of hydrogen-bond acceptors (Lipinski definition) is 4. The van der Waals surface area contributed by atoms with Gasteiger partial charge in [-0.15, -0.1) is 0 Å². The van der Waals surface area contributed by atoms with Crippen LogP contribution in [0.5, 0.6) is 0 Å². The van der Waals surface area contributed by atoms with E-state index in [-0.39, 0.29) is 64.1 Å². The minimum atomic E-state index is -5.17. The summed E-state index contributed by atoms with van der Waals surface area (Å²) in [7, 11) is -5.17. The van der Waals surface area contributed by atoms with Crippen LogP contribution in [0.25, 0.3) is 0 Å². The van der Waals surface area contributed by atoms with Gasteiger partial charge in [0, 0.05) is 32.7 Å². The Bertz CT molecular complexity index is 1550. The van der Waals surface area contributed by atoms with Gasteiger partial charge in [-0.25, -0.2) is 0 Å². The minimum Gasteiger partial charge on any atom is -0.759 e. The molecule has 4 aromatic carbocycles. The second-order valence-corrected chi connectivity index (χ2v) is 22.0. The quantitative estimate of drug-likeness (QED) is 0.113. The Kier molecular flexibility index (Phi) is 17.4. The average molecular weight is 939 g/mol. The standard InChI is InChI=1S/2C22H30I.H2O4S/c2*1-7-21(3,4)17-13-9-11-15-19(17)23-20-16-12-10-14-18(20)22(5,6)8-2;1-5(2,3)4/h2*9-16H,7-8H2,1-6H3;(H2,1,2,3,4)/q2*+1;/p-2. The molecule has 4 rings (SSSR count). The SMILES string of the molecule is CCC(C)(C)c1ccccc1[I+]c1ccccc1C(C)(C)CC.CCC(C)(C)c1ccccc1[I+]c1ccccc1C(C)(C)CC.O=S(=O)([O-])[O-]. The zero-order valence-corrected chi connectivity index (χ0v) is 38.0. The second kappa shape index (κ2) is 19.5. The van der Waals surface area contributed by atoms with E-state index in [0.717, 1.165) is 0 Å². The van der Waals surface area contributed by atoms with Crippen LogP contribution in [0, 0.1) is 14.3 Å². The van der Waals surface area contributed by atoms with Gasteiger partial charge in [0.1, 0.15) is 0 Å². The molecule has 0 fully saturated rings. The monoisotopic (exact) mass is 938 g/mol. The topological polar surface area (TPSA) is 80.3 Å². The van der Waals surface area contributed by atoms with Gasteiger partial charge in [-0.3, -0.25) is 8.42 Å². The van der Waals surface area contributed by atoms with Crippen molar-refractivity contribution < 1.29 is 59.9 Å². The molecule has 4 aromatic rings. The summed E-state index contributed by atoms with van der Waals surface area (Å²) in [6.45, 7) is 28.2. The summed E-state index contributed by atoms with van der Waals surface area (Å²) in [5, 5.41) is 0. The van der Waals surface area contributed by atoms with Crippen molar-refractivity contribution in [3.8, 4) is 0 Å². The Morgan fingerprint density at radius 3 is 0.725 bits per heavy atom. The molecule has 51 heavy (non-hydrogen) atoms. The molecule has 0 heterocycles. The molecule has 7 heteroatoms. The maximum Gasteiger partial charge on any atom is 0.358 e. The summed E-state index contributed by atoms with van der Waals surface area (Å²) in [6.07, 6.45) is 4.71. The maximum absolute atomic E-state index is 8.52. The Labute approximate surface area is 331 Å². The van der Waals surface area contributed by atoms with E-state index in [1.54, 1.807) is 36.5 Å². The Morgan fingerprint density at radius 1 is 0.412 bits per heavy atom. The van der Waals surface area contributed by atoms with Gasteiger partial charge in [0.15, 0.2) is 14.3 Å². The molecule has 0 unspecified atom stereocenters. The Balaban J connectivity index is 0.000000312. The summed E-state index contributed by atoms with van der Waals surface area (Å²) >= 11 is -0.318. The van der Waals surface area contributed by atoms with Gasteiger partial charge in [0.2, 0.25) is 0 Å². The van der Waals surface area contributed by atoms with E-state index in [1.807, 2.05) is 0 Å². The van der Waals surface area contributed by atoms with Gasteiger partial charge in [-0.1, -0.05) is 156 Å². The second-order valence-electron chi connectivity index (χ2n) is 15.5. The summed E-state index contributed by atoms with van der Waals surface area (Å²) in [4.78, 5) is 0. The molecule has 0 aliphatic heterocycles. The molecule has 0 aromatic heterocycles. The fraction of sp³-hybridized carbons (Fsp3) is 0.455. The largest absolute Gasteiger partial charge is 0.759 e. The lowest BCUT2D eigenvalue weighted by Gasteiger charge is -2.24. The van der Waals surface area contributed by atoms with Crippen LogP contribution in [0.4, 0.5) is 0 Å². The lowest BCUT2D eigenvalue weighted by Crippen LogP contribution is -3.62. The molecular formula is C44H60I2O4S. The van der Waals surface area contributed by atoms with Gasteiger partial charge in [-0.2, -0.15) is 0 Å². The third kappa shape index (κ3) is 13.9. The van der Waals surface area contributed by atoms with Crippen molar-refractivity contribution in [3.05, 3.63) is 134 Å². The van der Waals surface area contributed by atoms with Gasteiger partial charge in [0.05, 0.1) is 0 Å². The van der Waals surface area contributed by atoms with Crippen LogP contribution in [-0.2, 0) is 32.1 Å². The Morgan fingerprint density at radius 2 is 0.569 bits per heavy atom. The summed E-state index contributed by atoms with van der Waals surface area (Å²) in [5.74, 6) is 0. The highest BCUT2D eigenvalue weighted by Crippen LogP contribution is 2.29. The van der Waals surface area contributed by atoms with Crippen LogP contribution >= 0.6 is 0 Å². The van der Waals surface area contributed by atoms with Crippen molar-refractivity contribution in [2.45, 2.75) is 130 Å². The highest BCUT2D eigenvalue weighted by atomic mass is 127. The smallest absolute Gasteiger partial charge is 0.358 e. The minimum absolute atomic E-state index is 0.159. The Hall–Kier alpha value is -1.79. The molecule has 0 amide bonds. The molecule has 0 radical (unpaired) electrons. The molecule has 0 aliphatic carbocycles. The fourth-order valence-corrected chi connectivity index (χ4v) is 13.0. The maximum atomic E-state index is 8.52. The van der Waals surface area contributed by atoms with Gasteiger partial charge < -0.3 is 9.11 Å². The zero-order valence-electron chi connectivity index (χ0n) is 32.9. The molecule has 4 nitrogen and oxygen atoms in total. The highest BCUT2D eigenvalue weighted by molar-refractivity contribution is 7.79. The first-order valence-electron chi connectivity index (χ1n) is 18.0. The van der Waals surface area contributed by atoms with Gasteiger partial charge in [-0.05, 0) is 71.6 Å². The van der Waals surface area contributed by atoms with E-state index in [9.17, 15) is 0 Å². The molecule has 0 bridgehead atoms. The molecule has 0 saturated heterocycles. The lowest BCUT2D eigenvalue weighted by molar-refractivity contribution is -0.600. The summed E-state index contributed by atoms with van der Waals surface area (Å²) in [5.41, 5.74) is 7.19. The van der Waals surface area contributed by atoms with E-state index in [4.69, 9.17) is 17.5 Å². The number of rotatable bonds is 12. The van der Waals surface area contributed by atoms with Crippen LogP contribution in [0.3, 0.4) is 0 Å². The number of benzene rings is 4. The summed E-state index contributed by atoms with van der Waals surface area (Å²) < 4.78 is 40.4. The zero-order chi connectivity index (χ0) is 38.7. The number of halogens is 2. The van der Waals surface area contributed by atoms with Crippen LogP contribution in [0.1, 0.15) is 131 Å². The predicted molar refractivity (Wildman–Crippen MR) is 204 cm³/mol. The molecule has 280 valence electrons. The number of hydrogen-bond donors (Lipinski definition) is 0. The molecule has 0 saturated carbocycles. The first-order valence-corrected chi connectivity index (χ1v) is 23.6. The fourth-order valence-electron chi connectivity index (χ4n) is 5.35. The highest BCUT2D eigenvalue weighted by Gasteiger charge is 2.34. The van der Waals surface area contributed by atoms with Crippen LogP contribution < -0.4 is 42.4 Å².